The summed E-state index contributed by atoms with van der Waals surface area (Å²) < 4.78 is 13.1. The van der Waals surface area contributed by atoms with E-state index in [4.69, 9.17) is 9.15 Å². The summed E-state index contributed by atoms with van der Waals surface area (Å²) in [5.74, 6) is 1.04. The van der Waals surface area contributed by atoms with E-state index < -0.39 is 0 Å². The molecular formula is C14H20N4O2S. The van der Waals surface area contributed by atoms with Gasteiger partial charge in [0.1, 0.15) is 12.1 Å². The van der Waals surface area contributed by atoms with Gasteiger partial charge < -0.3 is 13.7 Å². The summed E-state index contributed by atoms with van der Waals surface area (Å²) in [4.78, 5) is 2.45. The van der Waals surface area contributed by atoms with Crippen molar-refractivity contribution >= 4 is 11.8 Å². The standard InChI is InChI=1S/C14H20N4O2S/c1-17-11-15-16-14(17)21-13-5-4-12(20-13)3-2-6-18-7-9-19-10-8-18/h4-5,11H,2-3,6-10H2,1H3. The summed E-state index contributed by atoms with van der Waals surface area (Å²) in [6, 6.07) is 4.06. The molecule has 1 saturated heterocycles. The highest BCUT2D eigenvalue weighted by Gasteiger charge is 2.11. The van der Waals surface area contributed by atoms with E-state index in [1.165, 1.54) is 11.8 Å². The number of hydrogen-bond donors (Lipinski definition) is 0. The number of furan rings is 1. The quantitative estimate of drug-likeness (QED) is 0.811. The monoisotopic (exact) mass is 308 g/mol. The van der Waals surface area contributed by atoms with Crippen LogP contribution in [0.1, 0.15) is 12.2 Å². The Bertz CT molecular complexity index is 563. The molecule has 3 rings (SSSR count). The summed E-state index contributed by atoms with van der Waals surface area (Å²) in [5, 5.41) is 9.61. The molecule has 1 aliphatic rings. The SMILES string of the molecule is Cn1cnnc1Sc1ccc(CCCN2CCOCC2)o1. The Balaban J connectivity index is 1.45. The average Bonchev–Trinajstić information content (AvgIpc) is 3.11. The van der Waals surface area contributed by atoms with Crippen LogP contribution in [0, 0.1) is 0 Å². The molecule has 2 aromatic rings. The minimum Gasteiger partial charge on any atom is -0.454 e. The van der Waals surface area contributed by atoms with Gasteiger partial charge >= 0.3 is 0 Å². The lowest BCUT2D eigenvalue weighted by Crippen LogP contribution is -2.36. The Hall–Kier alpha value is -1.31. The molecule has 0 amide bonds. The van der Waals surface area contributed by atoms with Gasteiger partial charge in [-0.3, -0.25) is 4.90 Å². The molecule has 3 heterocycles. The lowest BCUT2D eigenvalue weighted by atomic mass is 10.2. The van der Waals surface area contributed by atoms with Crippen LogP contribution < -0.4 is 0 Å². The fourth-order valence-corrected chi connectivity index (χ4v) is 3.05. The fraction of sp³-hybridized carbons (Fsp3) is 0.571. The highest BCUT2D eigenvalue weighted by molar-refractivity contribution is 7.99. The molecule has 0 bridgehead atoms. The summed E-state index contributed by atoms with van der Waals surface area (Å²) in [6.45, 7) is 4.92. The summed E-state index contributed by atoms with van der Waals surface area (Å²) in [5.41, 5.74) is 0. The van der Waals surface area contributed by atoms with Crippen LogP contribution in [0.25, 0.3) is 0 Å². The second-order valence-electron chi connectivity index (χ2n) is 5.10. The Labute approximate surface area is 128 Å². The zero-order valence-electron chi connectivity index (χ0n) is 12.2. The van der Waals surface area contributed by atoms with E-state index in [0.717, 1.165) is 61.7 Å². The topological polar surface area (TPSA) is 56.3 Å². The van der Waals surface area contributed by atoms with Crippen molar-refractivity contribution in [3.8, 4) is 0 Å². The molecule has 21 heavy (non-hydrogen) atoms. The third kappa shape index (κ3) is 4.09. The van der Waals surface area contributed by atoms with E-state index in [1.54, 1.807) is 6.33 Å². The molecule has 0 N–H and O–H groups in total. The van der Waals surface area contributed by atoms with Gasteiger partial charge in [0.05, 0.1) is 13.2 Å². The number of hydrogen-bond acceptors (Lipinski definition) is 6. The first kappa shape index (κ1) is 14.6. The van der Waals surface area contributed by atoms with Crippen LogP contribution in [0.3, 0.4) is 0 Å². The molecule has 0 aromatic carbocycles. The first-order chi connectivity index (χ1) is 10.3. The van der Waals surface area contributed by atoms with Crippen LogP contribution >= 0.6 is 11.8 Å². The van der Waals surface area contributed by atoms with Crippen molar-refractivity contribution in [2.24, 2.45) is 7.05 Å². The predicted molar refractivity (Wildman–Crippen MR) is 79.4 cm³/mol. The molecule has 0 unspecified atom stereocenters. The van der Waals surface area contributed by atoms with Gasteiger partial charge in [-0.15, -0.1) is 10.2 Å². The van der Waals surface area contributed by atoms with Gasteiger partial charge in [0.25, 0.3) is 0 Å². The number of nitrogens with zero attached hydrogens (tertiary/aromatic N) is 4. The zero-order chi connectivity index (χ0) is 14.5. The summed E-state index contributed by atoms with van der Waals surface area (Å²) in [6.07, 6.45) is 3.77. The maximum Gasteiger partial charge on any atom is 0.198 e. The number of rotatable bonds is 6. The van der Waals surface area contributed by atoms with Crippen molar-refractivity contribution in [3.63, 3.8) is 0 Å². The molecule has 2 aromatic heterocycles. The van der Waals surface area contributed by atoms with E-state index in [-0.39, 0.29) is 0 Å². The van der Waals surface area contributed by atoms with Crippen LogP contribution in [-0.4, -0.2) is 52.5 Å². The zero-order valence-corrected chi connectivity index (χ0v) is 13.0. The lowest BCUT2D eigenvalue weighted by Gasteiger charge is -2.26. The van der Waals surface area contributed by atoms with Crippen molar-refractivity contribution in [2.45, 2.75) is 23.1 Å². The predicted octanol–water partition coefficient (Wildman–Crippen LogP) is 1.82. The van der Waals surface area contributed by atoms with E-state index in [2.05, 4.69) is 21.2 Å². The smallest absolute Gasteiger partial charge is 0.198 e. The van der Waals surface area contributed by atoms with Gasteiger partial charge in [-0.1, -0.05) is 0 Å². The van der Waals surface area contributed by atoms with E-state index in [1.807, 2.05) is 17.7 Å². The molecular weight excluding hydrogens is 288 g/mol. The maximum atomic E-state index is 5.84. The largest absolute Gasteiger partial charge is 0.454 e. The fourth-order valence-electron chi connectivity index (χ4n) is 2.30. The van der Waals surface area contributed by atoms with Gasteiger partial charge in [-0.05, 0) is 36.9 Å². The van der Waals surface area contributed by atoms with E-state index in [0.29, 0.717) is 0 Å². The number of aryl methyl sites for hydroxylation is 2. The normalized spacial score (nSPS) is 16.4. The Morgan fingerprint density at radius 2 is 2.14 bits per heavy atom. The van der Waals surface area contributed by atoms with Gasteiger partial charge in [-0.25, -0.2) is 0 Å². The molecule has 0 aliphatic carbocycles. The minimum atomic E-state index is 0.837. The molecule has 114 valence electrons. The summed E-state index contributed by atoms with van der Waals surface area (Å²) >= 11 is 1.50. The van der Waals surface area contributed by atoms with Gasteiger partial charge in [-0.2, -0.15) is 0 Å². The molecule has 0 radical (unpaired) electrons. The Kier molecular flexibility index (Phi) is 4.95. The van der Waals surface area contributed by atoms with Crippen LogP contribution in [-0.2, 0) is 18.2 Å². The maximum absolute atomic E-state index is 5.84. The van der Waals surface area contributed by atoms with Crippen LogP contribution in [0.5, 0.6) is 0 Å². The first-order valence-electron chi connectivity index (χ1n) is 7.22. The van der Waals surface area contributed by atoms with Crippen molar-refractivity contribution in [1.29, 1.82) is 0 Å². The van der Waals surface area contributed by atoms with Crippen molar-refractivity contribution in [1.82, 2.24) is 19.7 Å². The van der Waals surface area contributed by atoms with Crippen LogP contribution in [0.15, 0.2) is 33.1 Å². The van der Waals surface area contributed by atoms with Crippen LogP contribution in [0.4, 0.5) is 0 Å². The van der Waals surface area contributed by atoms with Gasteiger partial charge in [0, 0.05) is 26.6 Å². The first-order valence-corrected chi connectivity index (χ1v) is 8.03. The number of aromatic nitrogens is 3. The molecule has 7 heteroatoms. The molecule has 0 atom stereocenters. The Morgan fingerprint density at radius 1 is 1.29 bits per heavy atom. The van der Waals surface area contributed by atoms with Crippen molar-refractivity contribution in [2.75, 3.05) is 32.8 Å². The summed E-state index contributed by atoms with van der Waals surface area (Å²) in [7, 11) is 1.93. The number of ether oxygens (including phenoxy) is 1. The van der Waals surface area contributed by atoms with Gasteiger partial charge in [0.2, 0.25) is 0 Å². The van der Waals surface area contributed by atoms with Crippen LogP contribution in [0.2, 0.25) is 0 Å². The third-order valence-electron chi connectivity index (χ3n) is 3.50. The minimum absolute atomic E-state index is 0.837. The molecule has 1 aliphatic heterocycles. The molecule has 1 fully saturated rings. The lowest BCUT2D eigenvalue weighted by molar-refractivity contribution is 0.0373. The second-order valence-corrected chi connectivity index (χ2v) is 6.08. The number of morpholine rings is 1. The highest BCUT2D eigenvalue weighted by Crippen LogP contribution is 2.27. The van der Waals surface area contributed by atoms with E-state index >= 15 is 0 Å². The van der Waals surface area contributed by atoms with Crippen molar-refractivity contribution < 1.29 is 9.15 Å². The molecule has 0 spiro atoms. The molecule has 0 saturated carbocycles. The highest BCUT2D eigenvalue weighted by atomic mass is 32.2. The van der Waals surface area contributed by atoms with Crippen molar-refractivity contribution in [3.05, 3.63) is 24.2 Å². The second kappa shape index (κ2) is 7.11. The average molecular weight is 308 g/mol. The third-order valence-corrected chi connectivity index (χ3v) is 4.47. The van der Waals surface area contributed by atoms with Gasteiger partial charge in [0.15, 0.2) is 10.2 Å². The Morgan fingerprint density at radius 3 is 2.90 bits per heavy atom. The molecule has 6 nitrogen and oxygen atoms in total. The van der Waals surface area contributed by atoms with E-state index in [9.17, 15) is 0 Å².